The van der Waals surface area contributed by atoms with Crippen LogP contribution in [0.3, 0.4) is 0 Å². The second-order valence-electron chi connectivity index (χ2n) is 5.62. The molecule has 0 aromatic carbocycles. The van der Waals surface area contributed by atoms with Gasteiger partial charge < -0.3 is 9.80 Å². The minimum Gasteiger partial charge on any atom is -0.356 e. The van der Waals surface area contributed by atoms with Crippen molar-refractivity contribution in [1.82, 2.24) is 14.9 Å². The maximum atomic E-state index is 12.7. The lowest BCUT2D eigenvalue weighted by molar-refractivity contribution is -0.135. The van der Waals surface area contributed by atoms with Gasteiger partial charge in [-0.2, -0.15) is 11.8 Å². The van der Waals surface area contributed by atoms with Crippen molar-refractivity contribution in [3.63, 3.8) is 0 Å². The van der Waals surface area contributed by atoms with E-state index < -0.39 is 0 Å². The van der Waals surface area contributed by atoms with Crippen molar-refractivity contribution < 1.29 is 4.79 Å². The molecular formula is C15H22N4OS2. The highest BCUT2D eigenvalue weighted by atomic mass is 32.2. The zero-order valence-electron chi connectivity index (χ0n) is 12.9. The van der Waals surface area contributed by atoms with Crippen LogP contribution < -0.4 is 4.90 Å². The van der Waals surface area contributed by atoms with Gasteiger partial charge in [0.05, 0.1) is 5.92 Å². The van der Waals surface area contributed by atoms with Gasteiger partial charge in [0.25, 0.3) is 0 Å². The van der Waals surface area contributed by atoms with Crippen LogP contribution >= 0.6 is 23.5 Å². The summed E-state index contributed by atoms with van der Waals surface area (Å²) in [6.45, 7) is 3.58. The summed E-state index contributed by atoms with van der Waals surface area (Å²) in [5, 5.41) is 0.791. The number of anilines is 1. The first kappa shape index (κ1) is 15.9. The first-order chi connectivity index (χ1) is 10.8. The molecule has 7 heteroatoms. The van der Waals surface area contributed by atoms with Crippen molar-refractivity contribution in [3.8, 4) is 0 Å². The molecule has 22 heavy (non-hydrogen) atoms. The number of carbonyl (C=O) groups excluding carboxylic acids is 1. The number of rotatable bonds is 3. The van der Waals surface area contributed by atoms with E-state index in [1.807, 2.05) is 30.3 Å². The Labute approximate surface area is 140 Å². The second kappa shape index (κ2) is 7.55. The Hall–Kier alpha value is -0.950. The van der Waals surface area contributed by atoms with Crippen LogP contribution in [-0.2, 0) is 4.79 Å². The molecule has 0 spiro atoms. The summed E-state index contributed by atoms with van der Waals surface area (Å²) in [5.41, 5.74) is 0. The molecular weight excluding hydrogens is 316 g/mol. The number of carbonyl (C=O) groups is 1. The molecule has 120 valence electrons. The van der Waals surface area contributed by atoms with Gasteiger partial charge in [-0.1, -0.05) is 11.8 Å². The van der Waals surface area contributed by atoms with Crippen molar-refractivity contribution in [2.75, 3.05) is 48.8 Å². The van der Waals surface area contributed by atoms with E-state index in [9.17, 15) is 4.79 Å². The van der Waals surface area contributed by atoms with Gasteiger partial charge in [0.15, 0.2) is 5.16 Å². The highest BCUT2D eigenvalue weighted by Crippen LogP contribution is 2.25. The van der Waals surface area contributed by atoms with Gasteiger partial charge in [-0.25, -0.2) is 9.97 Å². The molecule has 2 saturated heterocycles. The summed E-state index contributed by atoms with van der Waals surface area (Å²) < 4.78 is 0. The van der Waals surface area contributed by atoms with Crippen LogP contribution in [0.25, 0.3) is 0 Å². The maximum absolute atomic E-state index is 12.7. The minimum absolute atomic E-state index is 0.115. The molecule has 1 atom stereocenters. The summed E-state index contributed by atoms with van der Waals surface area (Å²) in [7, 11) is 0. The second-order valence-corrected chi connectivity index (χ2v) is 7.62. The highest BCUT2D eigenvalue weighted by molar-refractivity contribution is 7.99. The molecule has 3 heterocycles. The monoisotopic (exact) mass is 338 g/mol. The van der Waals surface area contributed by atoms with E-state index in [0.29, 0.717) is 5.91 Å². The van der Waals surface area contributed by atoms with Gasteiger partial charge in [0.1, 0.15) is 5.82 Å². The molecule has 1 unspecified atom stereocenters. The van der Waals surface area contributed by atoms with Crippen LogP contribution in [0.2, 0.25) is 0 Å². The van der Waals surface area contributed by atoms with Crippen LogP contribution in [-0.4, -0.2) is 64.7 Å². The first-order valence-electron chi connectivity index (χ1n) is 7.76. The largest absolute Gasteiger partial charge is 0.356 e. The van der Waals surface area contributed by atoms with Gasteiger partial charge in [0.2, 0.25) is 5.91 Å². The van der Waals surface area contributed by atoms with Crippen molar-refractivity contribution >= 4 is 35.2 Å². The van der Waals surface area contributed by atoms with Crippen LogP contribution in [0.15, 0.2) is 17.4 Å². The predicted molar refractivity (Wildman–Crippen MR) is 92.7 cm³/mol. The predicted octanol–water partition coefficient (Wildman–Crippen LogP) is 1.99. The van der Waals surface area contributed by atoms with Crippen LogP contribution in [0.1, 0.15) is 12.8 Å². The van der Waals surface area contributed by atoms with Crippen LogP contribution in [0.5, 0.6) is 0 Å². The van der Waals surface area contributed by atoms with E-state index in [1.54, 1.807) is 11.8 Å². The number of piperidine rings is 1. The summed E-state index contributed by atoms with van der Waals surface area (Å²) in [6.07, 6.45) is 5.84. The normalized spacial score (nSPS) is 22.7. The van der Waals surface area contributed by atoms with E-state index in [0.717, 1.165) is 61.5 Å². The van der Waals surface area contributed by atoms with Gasteiger partial charge in [-0.05, 0) is 25.2 Å². The molecule has 3 rings (SSSR count). The molecule has 1 amide bonds. The van der Waals surface area contributed by atoms with E-state index in [4.69, 9.17) is 0 Å². The lowest BCUT2D eigenvalue weighted by Crippen LogP contribution is -2.47. The van der Waals surface area contributed by atoms with Crippen LogP contribution in [0, 0.1) is 5.92 Å². The number of nitrogens with zero attached hydrogens (tertiary/aromatic N) is 4. The number of hydrogen-bond donors (Lipinski definition) is 0. The lowest BCUT2D eigenvalue weighted by Gasteiger charge is -2.36. The number of thioether (sulfide) groups is 2. The molecule has 0 aliphatic carbocycles. The van der Waals surface area contributed by atoms with Gasteiger partial charge in [0, 0.05) is 43.9 Å². The van der Waals surface area contributed by atoms with Crippen molar-refractivity contribution in [1.29, 1.82) is 0 Å². The zero-order chi connectivity index (χ0) is 15.4. The Balaban J connectivity index is 1.66. The Kier molecular flexibility index (Phi) is 5.46. The Morgan fingerprint density at radius 2 is 2.18 bits per heavy atom. The van der Waals surface area contributed by atoms with E-state index in [1.165, 1.54) is 0 Å². The third-order valence-corrected chi connectivity index (χ3v) is 5.72. The molecule has 2 aliphatic rings. The molecule has 0 N–H and O–H groups in total. The number of aromatic nitrogens is 2. The minimum atomic E-state index is 0.115. The number of hydrogen-bond acceptors (Lipinski definition) is 6. The third kappa shape index (κ3) is 3.68. The highest BCUT2D eigenvalue weighted by Gasteiger charge is 2.30. The van der Waals surface area contributed by atoms with Crippen LogP contribution in [0.4, 0.5) is 5.82 Å². The van der Waals surface area contributed by atoms with Crippen molar-refractivity contribution in [3.05, 3.63) is 12.3 Å². The van der Waals surface area contributed by atoms with Gasteiger partial charge in [-0.3, -0.25) is 4.79 Å². The van der Waals surface area contributed by atoms with Crippen molar-refractivity contribution in [2.45, 2.75) is 18.0 Å². The summed E-state index contributed by atoms with van der Waals surface area (Å²) >= 11 is 3.49. The smallest absolute Gasteiger partial charge is 0.227 e. The number of amides is 1. The lowest BCUT2D eigenvalue weighted by atomic mass is 9.96. The van der Waals surface area contributed by atoms with Gasteiger partial charge >= 0.3 is 0 Å². The molecule has 0 saturated carbocycles. The topological polar surface area (TPSA) is 49.3 Å². The summed E-state index contributed by atoms with van der Waals surface area (Å²) in [6, 6.07) is 1.95. The fourth-order valence-electron chi connectivity index (χ4n) is 3.04. The first-order valence-corrected chi connectivity index (χ1v) is 10.1. The quantitative estimate of drug-likeness (QED) is 0.620. The molecule has 1 aromatic rings. The standard InChI is InChI=1S/C15H22N4OS2/c1-21-15-16-5-4-13(17-15)19-6-2-3-12(11-19)14(20)18-7-9-22-10-8-18/h4-5,12H,2-3,6-11H2,1H3. The van der Waals surface area contributed by atoms with E-state index in [-0.39, 0.29) is 5.92 Å². The Morgan fingerprint density at radius 1 is 1.36 bits per heavy atom. The third-order valence-electron chi connectivity index (χ3n) is 4.22. The average Bonchev–Trinajstić information content (AvgIpc) is 2.62. The molecule has 0 bridgehead atoms. The summed E-state index contributed by atoms with van der Waals surface area (Å²) in [5.74, 6) is 3.55. The Bertz CT molecular complexity index is 522. The maximum Gasteiger partial charge on any atom is 0.227 e. The molecule has 2 fully saturated rings. The fraction of sp³-hybridized carbons (Fsp3) is 0.667. The molecule has 1 aromatic heterocycles. The fourth-order valence-corrected chi connectivity index (χ4v) is 4.29. The SMILES string of the molecule is CSc1nccc(N2CCCC(C(=O)N3CCSCC3)C2)n1. The van der Waals surface area contributed by atoms with E-state index >= 15 is 0 Å². The molecule has 2 aliphatic heterocycles. The Morgan fingerprint density at radius 3 is 2.95 bits per heavy atom. The molecule has 0 radical (unpaired) electrons. The zero-order valence-corrected chi connectivity index (χ0v) is 14.5. The summed E-state index contributed by atoms with van der Waals surface area (Å²) in [4.78, 5) is 25.8. The van der Waals surface area contributed by atoms with E-state index in [2.05, 4.69) is 19.8 Å². The van der Waals surface area contributed by atoms with Crippen molar-refractivity contribution in [2.24, 2.45) is 5.92 Å². The van der Waals surface area contributed by atoms with Gasteiger partial charge in [-0.15, -0.1) is 0 Å². The molecule has 5 nitrogen and oxygen atoms in total. The average molecular weight is 339 g/mol.